The molecule has 0 fully saturated rings. The van der Waals surface area contributed by atoms with Crippen molar-refractivity contribution in [2.45, 2.75) is 6.92 Å². The minimum Gasteiger partial charge on any atom is -0.463 e. The summed E-state index contributed by atoms with van der Waals surface area (Å²) in [4.78, 5) is 16.8. The number of hydrogen-bond acceptors (Lipinski definition) is 4. The first-order valence-electron chi connectivity index (χ1n) is 8.73. The molecule has 0 aliphatic heterocycles. The molecule has 2 aromatic carbocycles. The molecule has 0 spiro atoms. The minimum absolute atomic E-state index is 0.0727. The zero-order valence-electron chi connectivity index (χ0n) is 15.6. The van der Waals surface area contributed by atoms with E-state index < -0.39 is 12.7 Å². The predicted molar refractivity (Wildman–Crippen MR) is 96.4 cm³/mol. The maximum absolute atomic E-state index is 12.8. The molecule has 2 aromatic heterocycles. The number of aromatic nitrogens is 2. The number of halogens is 1. The summed E-state index contributed by atoms with van der Waals surface area (Å²) in [6, 6.07) is 10.6. The van der Waals surface area contributed by atoms with Crippen molar-refractivity contribution < 1.29 is 8.53 Å². The molecule has 4 rings (SSSR count). The number of anilines is 1. The highest BCUT2D eigenvalue weighted by atomic mass is 35.5. The van der Waals surface area contributed by atoms with Gasteiger partial charge in [0.15, 0.2) is 0 Å². The van der Waals surface area contributed by atoms with Gasteiger partial charge in [-0.15, -0.1) is 0 Å². The lowest BCUT2D eigenvalue weighted by Crippen LogP contribution is -2.23. The van der Waals surface area contributed by atoms with E-state index in [0.29, 0.717) is 32.6 Å². The van der Waals surface area contributed by atoms with Crippen molar-refractivity contribution in [3.05, 3.63) is 63.7 Å². The number of hydrogen-bond donors (Lipinski definition) is 1. The van der Waals surface area contributed by atoms with Gasteiger partial charge in [-0.05, 0) is 30.7 Å². The Kier molecular flexibility index (Phi) is 2.63. The molecule has 0 atom stereocenters. The molecular weight excluding hydrogens is 326 g/mol. The summed E-state index contributed by atoms with van der Waals surface area (Å²) < 4.78 is 29.5. The number of nitrogens with one attached hydrogen (secondary N) is 1. The monoisotopic (exact) mass is 342 g/mol. The molecule has 0 aliphatic rings. The Morgan fingerprint density at radius 1 is 1.33 bits per heavy atom. The Morgan fingerprint density at radius 2 is 2.17 bits per heavy atom. The molecule has 0 aliphatic carbocycles. The highest BCUT2D eigenvalue weighted by Gasteiger charge is 2.18. The second-order valence-corrected chi connectivity index (χ2v) is 5.81. The van der Waals surface area contributed by atoms with E-state index in [1.54, 1.807) is 18.2 Å². The van der Waals surface area contributed by atoms with Gasteiger partial charge in [0.2, 0.25) is 0 Å². The van der Waals surface area contributed by atoms with Gasteiger partial charge >= 0.3 is 5.69 Å². The van der Waals surface area contributed by atoms with Crippen LogP contribution in [-0.4, -0.2) is 16.5 Å². The lowest BCUT2D eigenvalue weighted by molar-refractivity contribution is 0.619. The van der Waals surface area contributed by atoms with E-state index in [9.17, 15) is 4.79 Å². The number of fused-ring (bicyclic) bond motifs is 3. The largest absolute Gasteiger partial charge is 0.463 e. The van der Waals surface area contributed by atoms with Gasteiger partial charge in [-0.1, -0.05) is 29.8 Å². The molecule has 0 unspecified atom stereocenters. The summed E-state index contributed by atoms with van der Waals surface area (Å²) in [6.07, 6.45) is 1.46. The topological polar surface area (TPSA) is 60.1 Å². The quantitative estimate of drug-likeness (QED) is 0.595. The van der Waals surface area contributed by atoms with Gasteiger partial charge in [0.1, 0.15) is 11.4 Å². The average Bonchev–Trinajstić information content (AvgIpc) is 3.05. The van der Waals surface area contributed by atoms with Gasteiger partial charge in [-0.25, -0.2) is 4.79 Å². The Morgan fingerprint density at radius 3 is 2.96 bits per heavy atom. The predicted octanol–water partition coefficient (Wildman–Crippen LogP) is 4.14. The molecule has 24 heavy (non-hydrogen) atoms. The van der Waals surface area contributed by atoms with Gasteiger partial charge in [-0.3, -0.25) is 4.57 Å². The maximum atomic E-state index is 12.8. The summed E-state index contributed by atoms with van der Waals surface area (Å²) >= 11 is 6.39. The van der Waals surface area contributed by atoms with E-state index in [1.807, 2.05) is 25.1 Å². The Bertz CT molecular complexity index is 1240. The summed E-state index contributed by atoms with van der Waals surface area (Å²) in [5.41, 5.74) is 1.63. The number of furan rings is 1. The van der Waals surface area contributed by atoms with Crippen molar-refractivity contribution in [3.63, 3.8) is 0 Å². The van der Waals surface area contributed by atoms with Crippen LogP contribution < -0.4 is 11.0 Å². The number of aryl methyl sites for hydroxylation is 1. The fraction of sp³-hybridized carbons (Fsp3) is 0.111. The van der Waals surface area contributed by atoms with Crippen molar-refractivity contribution in [1.82, 2.24) is 9.55 Å². The minimum atomic E-state index is -2.53. The second-order valence-electron chi connectivity index (χ2n) is 5.41. The molecule has 120 valence electrons. The number of benzene rings is 2. The van der Waals surface area contributed by atoms with Gasteiger partial charge in [0.25, 0.3) is 0 Å². The summed E-state index contributed by atoms with van der Waals surface area (Å²) in [5, 5.41) is 3.70. The fourth-order valence-corrected chi connectivity index (χ4v) is 3.18. The van der Waals surface area contributed by atoms with Crippen LogP contribution in [0.5, 0.6) is 0 Å². The Labute approximate surface area is 146 Å². The molecule has 0 bridgehead atoms. The Hall–Kier alpha value is -2.79. The first-order chi connectivity index (χ1) is 12.8. The molecule has 0 radical (unpaired) electrons. The zero-order chi connectivity index (χ0) is 19.3. The van der Waals surface area contributed by atoms with Gasteiger partial charge in [-0.2, -0.15) is 4.98 Å². The Balaban J connectivity index is 2.20. The lowest BCUT2D eigenvalue weighted by Gasteiger charge is -2.15. The van der Waals surface area contributed by atoms with Crippen LogP contribution in [0.2, 0.25) is 5.02 Å². The van der Waals surface area contributed by atoms with Crippen molar-refractivity contribution in [1.29, 1.82) is 0 Å². The number of rotatable bonds is 2. The molecule has 0 saturated heterocycles. The molecule has 4 aromatic rings. The van der Waals surface area contributed by atoms with Gasteiger partial charge < -0.3 is 9.73 Å². The number of para-hydroxylation sites is 1. The first kappa shape index (κ1) is 11.7. The molecular formula is C18H14ClN3O2. The third-order valence-corrected chi connectivity index (χ3v) is 4.33. The van der Waals surface area contributed by atoms with E-state index >= 15 is 0 Å². The van der Waals surface area contributed by atoms with Crippen LogP contribution in [0, 0.1) is 6.92 Å². The van der Waals surface area contributed by atoms with Crippen LogP contribution in [-0.2, 0) is 0 Å². The van der Waals surface area contributed by atoms with Gasteiger partial charge in [0, 0.05) is 16.5 Å². The maximum Gasteiger partial charge on any atom is 0.354 e. The smallest absolute Gasteiger partial charge is 0.354 e. The normalized spacial score (nSPS) is 13.7. The molecule has 2 heterocycles. The first-order valence-corrected chi connectivity index (χ1v) is 7.61. The van der Waals surface area contributed by atoms with Gasteiger partial charge in [0.05, 0.1) is 27.9 Å². The molecule has 0 amide bonds. The molecule has 5 nitrogen and oxygen atoms in total. The van der Waals surface area contributed by atoms with E-state index in [1.165, 1.54) is 10.8 Å². The van der Waals surface area contributed by atoms with Crippen molar-refractivity contribution in [3.8, 4) is 5.69 Å². The van der Waals surface area contributed by atoms with Crippen LogP contribution in [0.1, 0.15) is 9.68 Å². The molecule has 0 saturated carbocycles. The van der Waals surface area contributed by atoms with E-state index in [-0.39, 0.29) is 5.82 Å². The number of nitrogens with zero attached hydrogens (tertiary/aromatic N) is 2. The van der Waals surface area contributed by atoms with Crippen molar-refractivity contribution in [2.75, 3.05) is 12.3 Å². The van der Waals surface area contributed by atoms with E-state index in [2.05, 4.69) is 10.3 Å². The third-order valence-electron chi connectivity index (χ3n) is 4.02. The fourth-order valence-electron chi connectivity index (χ4n) is 2.92. The average molecular weight is 343 g/mol. The van der Waals surface area contributed by atoms with Crippen LogP contribution in [0.25, 0.3) is 27.6 Å². The van der Waals surface area contributed by atoms with E-state index in [0.717, 1.165) is 5.56 Å². The van der Waals surface area contributed by atoms with Crippen LogP contribution in [0.15, 0.2) is 51.9 Å². The van der Waals surface area contributed by atoms with E-state index in [4.69, 9.17) is 20.1 Å². The van der Waals surface area contributed by atoms with Crippen LogP contribution >= 0.6 is 11.6 Å². The molecule has 1 N–H and O–H groups in total. The summed E-state index contributed by atoms with van der Waals surface area (Å²) in [6.45, 7) is -0.658. The highest BCUT2D eigenvalue weighted by Crippen LogP contribution is 2.35. The van der Waals surface area contributed by atoms with Crippen molar-refractivity contribution >= 4 is 39.3 Å². The standard InChI is InChI=1S/C18H14ClN3O2/c1-10-5-3-4-6-13(10)22-14-9-12(19)11-7-8-24-16(11)15(14)17(20-2)21-18(22)23/h3-9H,1-2H3,(H,20,21,23)/i2D3. The zero-order valence-corrected chi connectivity index (χ0v) is 13.4. The highest BCUT2D eigenvalue weighted by molar-refractivity contribution is 6.37. The van der Waals surface area contributed by atoms with Crippen LogP contribution in [0.4, 0.5) is 5.82 Å². The second kappa shape index (κ2) is 5.39. The summed E-state index contributed by atoms with van der Waals surface area (Å²) in [5.74, 6) is -0.0727. The molecule has 6 heteroatoms. The lowest BCUT2D eigenvalue weighted by atomic mass is 10.1. The summed E-state index contributed by atoms with van der Waals surface area (Å²) in [7, 11) is 0. The van der Waals surface area contributed by atoms with Crippen LogP contribution in [0.3, 0.4) is 0 Å². The van der Waals surface area contributed by atoms with Crippen molar-refractivity contribution in [2.24, 2.45) is 0 Å². The SMILES string of the molecule is [2H]C([2H])([2H])Nc1nc(=O)n(-c2ccccc2C)c2cc(Cl)c3ccoc3c12. The third kappa shape index (κ3) is 2.02.